The van der Waals surface area contributed by atoms with Crippen LogP contribution in [0.4, 0.5) is 5.69 Å². The lowest BCUT2D eigenvalue weighted by molar-refractivity contribution is -0.139. The van der Waals surface area contributed by atoms with Gasteiger partial charge in [-0.25, -0.2) is 8.42 Å². The Morgan fingerprint density at radius 2 is 1.52 bits per heavy atom. The molecule has 0 heterocycles. The van der Waals surface area contributed by atoms with Gasteiger partial charge in [0.05, 0.1) is 10.6 Å². The minimum Gasteiger partial charge on any atom is -0.352 e. The van der Waals surface area contributed by atoms with E-state index in [2.05, 4.69) is 5.32 Å². The van der Waals surface area contributed by atoms with Gasteiger partial charge in [-0.3, -0.25) is 13.9 Å². The summed E-state index contributed by atoms with van der Waals surface area (Å²) in [6, 6.07) is 20.9. The molecule has 2 amide bonds. The van der Waals surface area contributed by atoms with Gasteiger partial charge in [0.15, 0.2) is 0 Å². The van der Waals surface area contributed by atoms with Gasteiger partial charge in [-0.2, -0.15) is 0 Å². The van der Waals surface area contributed by atoms with Crippen LogP contribution in [0.3, 0.4) is 0 Å². The highest BCUT2D eigenvalue weighted by Crippen LogP contribution is 2.27. The molecule has 0 radical (unpaired) electrons. The Hall–Kier alpha value is -3.65. The Kier molecular flexibility index (Phi) is 10.5. The fraction of sp³-hybridized carbons (Fsp3) is 0.375. The molecule has 214 valence electrons. The van der Waals surface area contributed by atoms with Crippen LogP contribution in [0.5, 0.6) is 0 Å². The van der Waals surface area contributed by atoms with Crippen molar-refractivity contribution in [1.82, 2.24) is 10.2 Å². The monoisotopic (exact) mass is 563 g/mol. The van der Waals surface area contributed by atoms with Crippen molar-refractivity contribution in [2.45, 2.75) is 71.4 Å². The average Bonchev–Trinajstić information content (AvgIpc) is 2.91. The third kappa shape index (κ3) is 7.72. The Bertz CT molecular complexity index is 1400. The zero-order chi connectivity index (χ0) is 29.4. The van der Waals surface area contributed by atoms with Crippen LogP contribution < -0.4 is 9.62 Å². The van der Waals surface area contributed by atoms with E-state index in [0.29, 0.717) is 18.5 Å². The van der Waals surface area contributed by atoms with Gasteiger partial charge >= 0.3 is 0 Å². The number of hydrogen-bond acceptors (Lipinski definition) is 4. The minimum atomic E-state index is -4.08. The van der Waals surface area contributed by atoms with E-state index in [1.54, 1.807) is 36.4 Å². The average molecular weight is 564 g/mol. The van der Waals surface area contributed by atoms with Gasteiger partial charge in [-0.15, -0.1) is 0 Å². The predicted molar refractivity (Wildman–Crippen MR) is 161 cm³/mol. The first-order chi connectivity index (χ1) is 18.9. The van der Waals surface area contributed by atoms with Gasteiger partial charge in [0, 0.05) is 12.6 Å². The van der Waals surface area contributed by atoms with Crippen LogP contribution in [0.25, 0.3) is 0 Å². The predicted octanol–water partition coefficient (Wildman–Crippen LogP) is 5.18. The van der Waals surface area contributed by atoms with E-state index >= 15 is 0 Å². The quantitative estimate of drug-likeness (QED) is 0.329. The van der Waals surface area contributed by atoms with E-state index in [-0.39, 0.29) is 23.4 Å². The fourth-order valence-electron chi connectivity index (χ4n) is 4.52. The first-order valence-corrected chi connectivity index (χ1v) is 15.2. The molecule has 0 bridgehead atoms. The number of amides is 2. The fourth-order valence-corrected chi connectivity index (χ4v) is 5.93. The normalized spacial score (nSPS) is 12.2. The number of nitrogens with zero attached hydrogens (tertiary/aromatic N) is 2. The number of sulfonamides is 1. The lowest BCUT2D eigenvalue weighted by Crippen LogP contribution is -2.54. The molecule has 0 aliphatic heterocycles. The summed E-state index contributed by atoms with van der Waals surface area (Å²) >= 11 is 0. The van der Waals surface area contributed by atoms with E-state index in [9.17, 15) is 18.0 Å². The molecule has 40 heavy (non-hydrogen) atoms. The van der Waals surface area contributed by atoms with E-state index < -0.39 is 28.5 Å². The first kappa shape index (κ1) is 30.9. The number of aryl methyl sites for hydroxylation is 3. The molecule has 0 aromatic heterocycles. The Morgan fingerprint density at radius 3 is 2.10 bits per heavy atom. The smallest absolute Gasteiger partial charge is 0.264 e. The molecule has 3 rings (SSSR count). The summed E-state index contributed by atoms with van der Waals surface area (Å²) in [6.45, 7) is 11.2. The van der Waals surface area contributed by atoms with Gasteiger partial charge in [-0.1, -0.05) is 61.0 Å². The summed E-state index contributed by atoms with van der Waals surface area (Å²) in [5.41, 5.74) is 4.29. The maximum absolute atomic E-state index is 14.1. The molecule has 0 unspecified atom stereocenters. The highest BCUT2D eigenvalue weighted by atomic mass is 32.2. The first-order valence-electron chi connectivity index (χ1n) is 13.7. The number of carbonyl (C=O) groups is 2. The van der Waals surface area contributed by atoms with Crippen LogP contribution in [0.1, 0.15) is 49.4 Å². The van der Waals surface area contributed by atoms with Gasteiger partial charge in [0.2, 0.25) is 11.8 Å². The van der Waals surface area contributed by atoms with Gasteiger partial charge in [0.1, 0.15) is 12.6 Å². The largest absolute Gasteiger partial charge is 0.352 e. The molecule has 0 fully saturated rings. The van der Waals surface area contributed by atoms with E-state index in [1.807, 2.05) is 77.9 Å². The molecular formula is C32H41N3O4S. The topological polar surface area (TPSA) is 86.8 Å². The van der Waals surface area contributed by atoms with Crippen LogP contribution in [-0.4, -0.2) is 50.3 Å². The number of hydrogen-bond donors (Lipinski definition) is 1. The van der Waals surface area contributed by atoms with Crippen LogP contribution in [0.15, 0.2) is 77.7 Å². The third-order valence-electron chi connectivity index (χ3n) is 6.97. The highest BCUT2D eigenvalue weighted by molar-refractivity contribution is 7.92. The Labute approximate surface area is 239 Å². The maximum Gasteiger partial charge on any atom is 0.264 e. The number of carbonyl (C=O) groups excluding carboxylic acids is 2. The van der Waals surface area contributed by atoms with Crippen molar-refractivity contribution in [3.05, 3.63) is 95.1 Å². The van der Waals surface area contributed by atoms with Crippen LogP contribution >= 0.6 is 0 Å². The summed E-state index contributed by atoms with van der Waals surface area (Å²) in [6.07, 6.45) is 0.930. The van der Waals surface area contributed by atoms with Crippen molar-refractivity contribution in [3.8, 4) is 0 Å². The standard InChI is InChI=1S/C32H41N3O4S/c1-7-30(32(37)33-23(2)3)34(20-19-27-11-9-8-10-12-27)31(36)22-35(28-16-15-25(5)26(6)21-28)40(38,39)29-17-13-24(4)14-18-29/h8-18,21,23,30H,7,19-20,22H2,1-6H3,(H,33,37)/t30-/m1/s1. The van der Waals surface area contributed by atoms with Crippen molar-refractivity contribution >= 4 is 27.5 Å². The van der Waals surface area contributed by atoms with Crippen molar-refractivity contribution in [3.63, 3.8) is 0 Å². The van der Waals surface area contributed by atoms with Gasteiger partial charge < -0.3 is 10.2 Å². The van der Waals surface area contributed by atoms with E-state index in [4.69, 9.17) is 0 Å². The van der Waals surface area contributed by atoms with Crippen LogP contribution in [-0.2, 0) is 26.0 Å². The molecule has 0 saturated carbocycles. The van der Waals surface area contributed by atoms with Crippen molar-refractivity contribution in [2.75, 3.05) is 17.4 Å². The second-order valence-corrected chi connectivity index (χ2v) is 12.4. The van der Waals surface area contributed by atoms with Crippen molar-refractivity contribution in [1.29, 1.82) is 0 Å². The van der Waals surface area contributed by atoms with Gasteiger partial charge in [-0.05, 0) is 88.4 Å². The lowest BCUT2D eigenvalue weighted by Gasteiger charge is -2.33. The van der Waals surface area contributed by atoms with Crippen LogP contribution in [0.2, 0.25) is 0 Å². The van der Waals surface area contributed by atoms with Gasteiger partial charge in [0.25, 0.3) is 10.0 Å². The molecule has 3 aromatic carbocycles. The van der Waals surface area contributed by atoms with E-state index in [0.717, 1.165) is 26.6 Å². The summed E-state index contributed by atoms with van der Waals surface area (Å²) in [4.78, 5) is 28.9. The summed E-state index contributed by atoms with van der Waals surface area (Å²) in [7, 11) is -4.08. The molecule has 1 atom stereocenters. The molecular weight excluding hydrogens is 522 g/mol. The second kappa shape index (κ2) is 13.6. The molecule has 0 spiro atoms. The molecule has 1 N–H and O–H groups in total. The Morgan fingerprint density at radius 1 is 0.875 bits per heavy atom. The molecule has 8 heteroatoms. The molecule has 0 aliphatic rings. The maximum atomic E-state index is 14.1. The van der Waals surface area contributed by atoms with Crippen LogP contribution in [0, 0.1) is 20.8 Å². The molecule has 0 saturated heterocycles. The minimum absolute atomic E-state index is 0.0958. The second-order valence-electron chi connectivity index (χ2n) is 10.5. The van der Waals surface area contributed by atoms with Crippen molar-refractivity contribution < 1.29 is 18.0 Å². The zero-order valence-corrected chi connectivity index (χ0v) is 25.2. The summed E-state index contributed by atoms with van der Waals surface area (Å²) in [5, 5.41) is 2.92. The zero-order valence-electron chi connectivity index (χ0n) is 24.3. The number of benzene rings is 3. The highest BCUT2D eigenvalue weighted by Gasteiger charge is 2.33. The number of nitrogens with one attached hydrogen (secondary N) is 1. The molecule has 7 nitrogen and oxygen atoms in total. The molecule has 0 aliphatic carbocycles. The Balaban J connectivity index is 2.03. The third-order valence-corrected chi connectivity index (χ3v) is 8.76. The van der Waals surface area contributed by atoms with Crippen molar-refractivity contribution in [2.24, 2.45) is 0 Å². The van der Waals surface area contributed by atoms with E-state index in [1.165, 1.54) is 4.90 Å². The SMILES string of the molecule is CC[C@H](C(=O)NC(C)C)N(CCc1ccccc1)C(=O)CN(c1ccc(C)c(C)c1)S(=O)(=O)c1ccc(C)cc1. The summed E-state index contributed by atoms with van der Waals surface area (Å²) in [5.74, 6) is -0.686. The summed E-state index contributed by atoms with van der Waals surface area (Å²) < 4.78 is 29.1. The molecule has 3 aromatic rings. The lowest BCUT2D eigenvalue weighted by atomic mass is 10.1. The number of anilines is 1. The number of rotatable bonds is 12.